The number of alkyl halides is 3. The van der Waals surface area contributed by atoms with E-state index in [1.165, 1.54) is 18.7 Å². The first kappa shape index (κ1) is 25.8. The average molecular weight is 495 g/mol. The zero-order valence-corrected chi connectivity index (χ0v) is 18.7. The SMILES string of the molecule is COC(=O)N[C@@H](CF)CO[C@H]1CC[C@H](Oc2nc3c(F)cc(OCC(F)F)c(F)c3n2C)CC1. The minimum absolute atomic E-state index is 0.0128. The van der Waals surface area contributed by atoms with Crippen molar-refractivity contribution in [3.8, 4) is 11.8 Å². The molecular weight excluding hydrogens is 469 g/mol. The lowest BCUT2D eigenvalue weighted by atomic mass is 9.95. The maximum absolute atomic E-state index is 14.8. The van der Waals surface area contributed by atoms with Crippen molar-refractivity contribution in [2.24, 2.45) is 7.05 Å². The first-order valence-electron chi connectivity index (χ1n) is 10.7. The van der Waals surface area contributed by atoms with Crippen LogP contribution in [0.1, 0.15) is 25.7 Å². The molecule has 1 saturated carbocycles. The standard InChI is InChI=1S/C21H26F5N3O5/c1-29-19-17(26)15(33-10-16(24)25)7-14(23)18(19)28-20(29)34-13-5-3-12(4-6-13)32-9-11(8-22)27-21(30)31-2/h7,11-13,16H,3-6,8-10H2,1-2H3,(H,27,30)/t11-,12-,13-/m0/s1. The number of hydrogen-bond acceptors (Lipinski definition) is 6. The van der Waals surface area contributed by atoms with Crippen molar-refractivity contribution in [2.45, 2.75) is 50.4 Å². The van der Waals surface area contributed by atoms with Gasteiger partial charge in [-0.2, -0.15) is 4.98 Å². The number of ether oxygens (including phenoxy) is 4. The Hall–Kier alpha value is -2.83. The summed E-state index contributed by atoms with van der Waals surface area (Å²) in [4.78, 5) is 15.2. The highest BCUT2D eigenvalue weighted by atomic mass is 19.3. The second kappa shape index (κ2) is 11.5. The quantitative estimate of drug-likeness (QED) is 0.504. The Morgan fingerprint density at radius 2 is 1.88 bits per heavy atom. The van der Waals surface area contributed by atoms with Gasteiger partial charge < -0.3 is 24.3 Å². The van der Waals surface area contributed by atoms with Gasteiger partial charge in [-0.3, -0.25) is 4.57 Å². The van der Waals surface area contributed by atoms with Gasteiger partial charge in [0.25, 0.3) is 12.4 Å². The lowest BCUT2D eigenvalue weighted by Crippen LogP contribution is -2.41. The number of rotatable bonds is 10. The Kier molecular flexibility index (Phi) is 8.75. The summed E-state index contributed by atoms with van der Waals surface area (Å²) >= 11 is 0. The topological polar surface area (TPSA) is 83.8 Å². The molecule has 0 radical (unpaired) electrons. The zero-order chi connectivity index (χ0) is 24.8. The van der Waals surface area contributed by atoms with E-state index in [1.54, 1.807) is 0 Å². The molecule has 3 rings (SSSR count). The summed E-state index contributed by atoms with van der Waals surface area (Å²) in [6.07, 6.45) is -1.79. The van der Waals surface area contributed by atoms with Crippen molar-refractivity contribution in [3.05, 3.63) is 17.7 Å². The Morgan fingerprint density at radius 1 is 1.21 bits per heavy atom. The molecule has 1 fully saturated rings. The predicted octanol–water partition coefficient (Wildman–Crippen LogP) is 3.90. The Bertz CT molecular complexity index is 982. The van der Waals surface area contributed by atoms with Crippen molar-refractivity contribution in [1.82, 2.24) is 14.9 Å². The van der Waals surface area contributed by atoms with Crippen molar-refractivity contribution < 1.29 is 45.7 Å². The number of fused-ring (bicyclic) bond motifs is 1. The summed E-state index contributed by atoms with van der Waals surface area (Å²) in [6.45, 7) is -1.89. The van der Waals surface area contributed by atoms with Crippen molar-refractivity contribution in [3.63, 3.8) is 0 Å². The van der Waals surface area contributed by atoms with E-state index in [2.05, 4.69) is 19.8 Å². The summed E-state index contributed by atoms with van der Waals surface area (Å²) in [5.74, 6) is -2.57. The number of nitrogens with one attached hydrogen (secondary N) is 1. The number of imidazole rings is 1. The highest BCUT2D eigenvalue weighted by Crippen LogP contribution is 2.33. The molecule has 1 atom stereocenters. The fraction of sp³-hybridized carbons (Fsp3) is 0.619. The third-order valence-corrected chi connectivity index (χ3v) is 5.45. The monoisotopic (exact) mass is 495 g/mol. The minimum atomic E-state index is -2.84. The van der Waals surface area contributed by atoms with Crippen molar-refractivity contribution in [1.29, 1.82) is 0 Å². The molecule has 13 heteroatoms. The van der Waals surface area contributed by atoms with Gasteiger partial charge in [0.15, 0.2) is 17.4 Å². The molecule has 8 nitrogen and oxygen atoms in total. The molecule has 1 aliphatic rings. The lowest BCUT2D eigenvalue weighted by molar-refractivity contribution is -0.0103. The molecule has 1 amide bonds. The normalized spacial score (nSPS) is 19.3. The van der Waals surface area contributed by atoms with Gasteiger partial charge in [0, 0.05) is 13.1 Å². The van der Waals surface area contributed by atoms with E-state index in [1.807, 2.05) is 0 Å². The highest BCUT2D eigenvalue weighted by Gasteiger charge is 2.27. The molecule has 1 heterocycles. The van der Waals surface area contributed by atoms with Crippen LogP contribution in [0.15, 0.2) is 6.07 Å². The fourth-order valence-corrected chi connectivity index (χ4v) is 3.69. The molecule has 34 heavy (non-hydrogen) atoms. The number of amides is 1. The van der Waals surface area contributed by atoms with Crippen LogP contribution < -0.4 is 14.8 Å². The molecule has 0 aliphatic heterocycles. The molecule has 0 spiro atoms. The average Bonchev–Trinajstić information content (AvgIpc) is 3.15. The van der Waals surface area contributed by atoms with E-state index >= 15 is 0 Å². The van der Waals surface area contributed by atoms with Crippen LogP contribution in [0.4, 0.5) is 26.7 Å². The van der Waals surface area contributed by atoms with Gasteiger partial charge in [-0.05, 0) is 25.7 Å². The number of alkyl carbamates (subject to hydrolysis) is 1. The molecule has 0 bridgehead atoms. The number of carbonyl (C=O) groups excluding carboxylic acids is 1. The number of aryl methyl sites for hydroxylation is 1. The van der Waals surface area contributed by atoms with E-state index in [0.29, 0.717) is 31.7 Å². The minimum Gasteiger partial charge on any atom is -0.484 e. The Morgan fingerprint density at radius 3 is 2.50 bits per heavy atom. The summed E-state index contributed by atoms with van der Waals surface area (Å²) in [5.41, 5.74) is -0.557. The predicted molar refractivity (Wildman–Crippen MR) is 110 cm³/mol. The summed E-state index contributed by atoms with van der Waals surface area (Å²) in [5, 5.41) is 2.34. The van der Waals surface area contributed by atoms with E-state index in [4.69, 9.17) is 9.47 Å². The van der Waals surface area contributed by atoms with E-state index in [9.17, 15) is 26.7 Å². The zero-order valence-electron chi connectivity index (χ0n) is 18.7. The van der Waals surface area contributed by atoms with Crippen LogP contribution in [0.25, 0.3) is 11.0 Å². The smallest absolute Gasteiger partial charge is 0.407 e. The van der Waals surface area contributed by atoms with Crippen LogP contribution in [0.3, 0.4) is 0 Å². The van der Waals surface area contributed by atoms with Gasteiger partial charge in [-0.15, -0.1) is 0 Å². The maximum atomic E-state index is 14.8. The van der Waals surface area contributed by atoms with Crippen molar-refractivity contribution >= 4 is 17.1 Å². The third kappa shape index (κ3) is 6.19. The summed E-state index contributed by atoms with van der Waals surface area (Å²) < 4.78 is 88.8. The first-order valence-corrected chi connectivity index (χ1v) is 10.7. The summed E-state index contributed by atoms with van der Waals surface area (Å²) in [7, 11) is 2.60. The molecule has 1 N–H and O–H groups in total. The second-order valence-electron chi connectivity index (χ2n) is 7.86. The number of nitrogens with zero attached hydrogens (tertiary/aromatic N) is 2. The Balaban J connectivity index is 1.59. The van der Waals surface area contributed by atoms with E-state index in [0.717, 1.165) is 0 Å². The fourth-order valence-electron chi connectivity index (χ4n) is 3.69. The van der Waals surface area contributed by atoms with Crippen LogP contribution in [0, 0.1) is 11.6 Å². The van der Waals surface area contributed by atoms with Crippen LogP contribution >= 0.6 is 0 Å². The first-order chi connectivity index (χ1) is 16.2. The molecule has 1 aromatic carbocycles. The second-order valence-corrected chi connectivity index (χ2v) is 7.86. The van der Waals surface area contributed by atoms with Crippen LogP contribution in [0.5, 0.6) is 11.8 Å². The van der Waals surface area contributed by atoms with Gasteiger partial charge in [-0.1, -0.05) is 0 Å². The Labute approximate surface area is 192 Å². The molecule has 0 unspecified atom stereocenters. The molecular formula is C21H26F5N3O5. The number of benzene rings is 1. The molecule has 0 saturated heterocycles. The van der Waals surface area contributed by atoms with Gasteiger partial charge in [0.05, 0.1) is 25.9 Å². The number of carbonyl (C=O) groups is 1. The molecule has 1 aliphatic carbocycles. The number of aromatic nitrogens is 2. The highest BCUT2D eigenvalue weighted by molar-refractivity contribution is 5.80. The van der Waals surface area contributed by atoms with E-state index in [-0.39, 0.29) is 35.9 Å². The maximum Gasteiger partial charge on any atom is 0.407 e. The van der Waals surface area contributed by atoms with Crippen LogP contribution in [-0.4, -0.2) is 67.3 Å². The van der Waals surface area contributed by atoms with E-state index < -0.39 is 49.2 Å². The molecule has 1 aromatic heterocycles. The van der Waals surface area contributed by atoms with Gasteiger partial charge in [0.1, 0.15) is 30.4 Å². The van der Waals surface area contributed by atoms with Crippen molar-refractivity contribution in [2.75, 3.05) is 27.0 Å². The molecule has 2 aromatic rings. The summed E-state index contributed by atoms with van der Waals surface area (Å²) in [6, 6.07) is -0.164. The number of halogens is 5. The van der Waals surface area contributed by atoms with Gasteiger partial charge in [0.2, 0.25) is 0 Å². The largest absolute Gasteiger partial charge is 0.484 e. The van der Waals surface area contributed by atoms with Crippen LogP contribution in [0.2, 0.25) is 0 Å². The third-order valence-electron chi connectivity index (χ3n) is 5.45. The molecule has 190 valence electrons. The van der Waals surface area contributed by atoms with Gasteiger partial charge in [-0.25, -0.2) is 26.7 Å². The van der Waals surface area contributed by atoms with Gasteiger partial charge >= 0.3 is 6.09 Å². The van der Waals surface area contributed by atoms with Crippen LogP contribution in [-0.2, 0) is 16.5 Å². The number of hydrogen-bond donors (Lipinski definition) is 1. The lowest BCUT2D eigenvalue weighted by Gasteiger charge is -2.29. The number of methoxy groups -OCH3 is 1.